The molecule has 0 aliphatic carbocycles. The Hall–Kier alpha value is -4.20. The highest BCUT2D eigenvalue weighted by Crippen LogP contribution is 2.34. The molecule has 2 heterocycles. The van der Waals surface area contributed by atoms with Gasteiger partial charge in [0.1, 0.15) is 29.9 Å². The lowest BCUT2D eigenvalue weighted by Gasteiger charge is -2.17. The second-order valence-corrected chi connectivity index (χ2v) is 7.58. The molecule has 33 heavy (non-hydrogen) atoms. The number of fused-ring (bicyclic) bond motifs is 1. The van der Waals surface area contributed by atoms with Crippen molar-refractivity contribution >= 4 is 39.1 Å². The molecule has 0 fully saturated rings. The van der Waals surface area contributed by atoms with Crippen molar-refractivity contribution in [1.82, 2.24) is 9.97 Å². The van der Waals surface area contributed by atoms with Crippen LogP contribution in [0.4, 0.5) is 15.6 Å². The first-order valence-corrected chi connectivity index (χ1v) is 10.7. The molecular weight excluding hydrogens is 442 g/mol. The molecule has 0 spiro atoms. The van der Waals surface area contributed by atoms with Crippen LogP contribution in [-0.4, -0.2) is 36.3 Å². The molecule has 9 nitrogen and oxygen atoms in total. The maximum atomic E-state index is 11.9. The van der Waals surface area contributed by atoms with Crippen LogP contribution < -0.4 is 20.1 Å². The predicted molar refractivity (Wildman–Crippen MR) is 124 cm³/mol. The minimum Gasteiger partial charge on any atom is -0.490 e. The number of ether oxygens (including phenoxy) is 3. The molecule has 2 aromatic carbocycles. The molecule has 0 saturated carbocycles. The second-order valence-electron chi connectivity index (χ2n) is 6.71. The number of carbonyl (C=O) groups is 1. The van der Waals surface area contributed by atoms with E-state index in [1.54, 1.807) is 67.3 Å². The Kier molecular flexibility index (Phi) is 6.64. The average molecular weight is 462 g/mol. The lowest BCUT2D eigenvalue weighted by Crippen LogP contribution is -2.31. The Bertz CT molecular complexity index is 1300. The monoisotopic (exact) mass is 461 g/mol. The number of methoxy groups -OCH3 is 1. The summed E-state index contributed by atoms with van der Waals surface area (Å²) in [5.74, 6) is 1.50. The van der Waals surface area contributed by atoms with E-state index in [2.05, 4.69) is 16.0 Å². The topological polar surface area (TPSA) is 124 Å². The summed E-state index contributed by atoms with van der Waals surface area (Å²) in [6.45, 7) is 0.730. The summed E-state index contributed by atoms with van der Waals surface area (Å²) in [7, 11) is 1.58. The quantitative estimate of drug-likeness (QED) is 0.380. The van der Waals surface area contributed by atoms with Crippen LogP contribution in [0.15, 0.2) is 60.2 Å². The van der Waals surface area contributed by atoms with Crippen molar-refractivity contribution in [2.24, 2.45) is 5.73 Å². The number of hydrogen-bond donors (Lipinski definition) is 1. The van der Waals surface area contributed by atoms with E-state index in [-0.39, 0.29) is 0 Å². The summed E-state index contributed by atoms with van der Waals surface area (Å²) >= 11 is 1.31. The lowest BCUT2D eigenvalue weighted by atomic mass is 10.1. The number of benzene rings is 2. The largest absolute Gasteiger partial charge is 0.490 e. The molecule has 0 atom stereocenters. The molecule has 4 rings (SSSR count). The van der Waals surface area contributed by atoms with Gasteiger partial charge in [-0.25, -0.2) is 14.7 Å². The number of carbonyl (C=O) groups excluding carboxylic acids is 1. The van der Waals surface area contributed by atoms with Crippen LogP contribution in [-0.2, 0) is 4.74 Å². The van der Waals surface area contributed by atoms with Crippen LogP contribution in [0.1, 0.15) is 5.56 Å². The Morgan fingerprint density at radius 2 is 1.94 bits per heavy atom. The SMILES string of the molecule is COCCOc1cc2nccc(Oc3ccc(N(C(N)=O)c4nccs4)cc3)c2cc1C#N. The van der Waals surface area contributed by atoms with Crippen LogP contribution in [0.3, 0.4) is 0 Å². The normalized spacial score (nSPS) is 10.5. The van der Waals surface area contributed by atoms with E-state index in [4.69, 9.17) is 19.9 Å². The smallest absolute Gasteiger partial charge is 0.325 e. The number of aromatic nitrogens is 2. The third kappa shape index (κ3) is 4.85. The van der Waals surface area contributed by atoms with Crippen LogP contribution in [0, 0.1) is 11.3 Å². The van der Waals surface area contributed by atoms with E-state index < -0.39 is 6.03 Å². The van der Waals surface area contributed by atoms with Crippen LogP contribution in [0.2, 0.25) is 0 Å². The number of nitrogens with two attached hydrogens (primary N) is 1. The zero-order valence-corrected chi connectivity index (χ0v) is 18.4. The van der Waals surface area contributed by atoms with Gasteiger partial charge < -0.3 is 19.9 Å². The number of thiazole rings is 1. The first-order chi connectivity index (χ1) is 16.1. The molecule has 0 saturated heterocycles. The molecule has 2 aromatic heterocycles. The van der Waals surface area contributed by atoms with Gasteiger partial charge in [0.05, 0.1) is 23.4 Å². The second kappa shape index (κ2) is 9.95. The van der Waals surface area contributed by atoms with E-state index >= 15 is 0 Å². The van der Waals surface area contributed by atoms with Crippen molar-refractivity contribution in [3.63, 3.8) is 0 Å². The third-order valence-electron chi connectivity index (χ3n) is 4.62. The predicted octanol–water partition coefficient (Wildman–Crippen LogP) is 4.60. The van der Waals surface area contributed by atoms with Crippen molar-refractivity contribution in [3.05, 3.63) is 65.8 Å². The van der Waals surface area contributed by atoms with Crippen molar-refractivity contribution in [2.75, 3.05) is 25.2 Å². The lowest BCUT2D eigenvalue weighted by molar-refractivity contribution is 0.146. The number of pyridine rings is 1. The van der Waals surface area contributed by atoms with E-state index in [0.29, 0.717) is 57.7 Å². The van der Waals surface area contributed by atoms with Gasteiger partial charge in [0.15, 0.2) is 5.13 Å². The van der Waals surface area contributed by atoms with Crippen molar-refractivity contribution in [2.45, 2.75) is 0 Å². The Morgan fingerprint density at radius 1 is 1.12 bits per heavy atom. The van der Waals surface area contributed by atoms with Crippen molar-refractivity contribution in [3.8, 4) is 23.3 Å². The molecule has 0 aliphatic rings. The number of nitriles is 1. The Balaban J connectivity index is 1.61. The standard InChI is InChI=1S/C23H19N5O4S/c1-30-9-10-31-21-13-19-18(12-15(21)14-24)20(6-7-26-19)32-17-4-2-16(3-5-17)28(22(25)29)23-27-8-11-33-23/h2-8,11-13H,9-10H2,1H3,(H2,25,29). The van der Waals surface area contributed by atoms with E-state index in [1.165, 1.54) is 16.2 Å². The van der Waals surface area contributed by atoms with Crippen LogP contribution >= 0.6 is 11.3 Å². The first-order valence-electron chi connectivity index (χ1n) is 9.82. The number of hydrogen-bond acceptors (Lipinski definition) is 8. The summed E-state index contributed by atoms with van der Waals surface area (Å²) in [6.07, 6.45) is 3.22. The van der Waals surface area contributed by atoms with Crippen molar-refractivity contribution in [1.29, 1.82) is 5.26 Å². The maximum absolute atomic E-state index is 11.9. The molecule has 0 bridgehead atoms. The average Bonchev–Trinajstić information content (AvgIpc) is 3.34. The van der Waals surface area contributed by atoms with Gasteiger partial charge in [-0.15, -0.1) is 11.3 Å². The van der Waals surface area contributed by atoms with Gasteiger partial charge in [0.2, 0.25) is 0 Å². The number of urea groups is 1. The molecule has 0 unspecified atom stereocenters. The number of primary amides is 1. The maximum Gasteiger partial charge on any atom is 0.325 e. The van der Waals surface area contributed by atoms with Gasteiger partial charge in [-0.1, -0.05) is 0 Å². The molecule has 4 aromatic rings. The van der Waals surface area contributed by atoms with E-state index in [1.807, 2.05) is 0 Å². The fraction of sp³-hybridized carbons (Fsp3) is 0.130. The summed E-state index contributed by atoms with van der Waals surface area (Å²) in [5.41, 5.74) is 7.09. The van der Waals surface area contributed by atoms with Gasteiger partial charge in [-0.2, -0.15) is 5.26 Å². The minimum atomic E-state index is -0.633. The highest BCUT2D eigenvalue weighted by molar-refractivity contribution is 7.13. The minimum absolute atomic E-state index is 0.322. The van der Waals surface area contributed by atoms with E-state index in [9.17, 15) is 10.1 Å². The molecular formula is C23H19N5O4S. The van der Waals surface area contributed by atoms with E-state index in [0.717, 1.165) is 0 Å². The number of anilines is 2. The summed E-state index contributed by atoms with van der Waals surface area (Å²) < 4.78 is 16.7. The van der Waals surface area contributed by atoms with Gasteiger partial charge >= 0.3 is 6.03 Å². The molecule has 10 heteroatoms. The fourth-order valence-corrected chi connectivity index (χ4v) is 3.79. The summed E-state index contributed by atoms with van der Waals surface area (Å²) in [6, 6.07) is 13.5. The molecule has 2 amide bonds. The molecule has 0 radical (unpaired) electrons. The first kappa shape index (κ1) is 22.0. The van der Waals surface area contributed by atoms with Crippen LogP contribution in [0.25, 0.3) is 10.9 Å². The molecule has 0 aliphatic heterocycles. The van der Waals surface area contributed by atoms with Crippen LogP contribution in [0.5, 0.6) is 17.2 Å². The zero-order chi connectivity index (χ0) is 23.2. The highest BCUT2D eigenvalue weighted by atomic mass is 32.1. The Labute approximate surface area is 193 Å². The summed E-state index contributed by atoms with van der Waals surface area (Å²) in [4.78, 5) is 21.8. The zero-order valence-electron chi connectivity index (χ0n) is 17.6. The molecule has 166 valence electrons. The van der Waals surface area contributed by atoms with Gasteiger partial charge in [0.25, 0.3) is 0 Å². The van der Waals surface area contributed by atoms with Gasteiger partial charge in [0, 0.05) is 36.3 Å². The molecule has 2 N–H and O–H groups in total. The number of rotatable bonds is 8. The fourth-order valence-electron chi connectivity index (χ4n) is 3.13. The highest BCUT2D eigenvalue weighted by Gasteiger charge is 2.18. The number of nitrogens with zero attached hydrogens (tertiary/aromatic N) is 4. The van der Waals surface area contributed by atoms with Gasteiger partial charge in [-0.3, -0.25) is 4.98 Å². The third-order valence-corrected chi connectivity index (χ3v) is 5.38. The Morgan fingerprint density at radius 3 is 2.61 bits per heavy atom. The number of amides is 2. The summed E-state index contributed by atoms with van der Waals surface area (Å²) in [5, 5.41) is 12.5. The van der Waals surface area contributed by atoms with Gasteiger partial charge in [-0.05, 0) is 36.4 Å². The van der Waals surface area contributed by atoms with Crippen molar-refractivity contribution < 1.29 is 19.0 Å².